The molecular weight excluding hydrogens is 471 g/mol. The molecule has 0 atom stereocenters. The van der Waals surface area contributed by atoms with Crippen LogP contribution in [0.25, 0.3) is 0 Å². The first-order chi connectivity index (χ1) is 12.9. The van der Waals surface area contributed by atoms with Crippen LogP contribution in [0.2, 0.25) is 0 Å². The van der Waals surface area contributed by atoms with Crippen LogP contribution in [0.5, 0.6) is 0 Å². The number of aryl methyl sites for hydroxylation is 2. The highest BCUT2D eigenvalue weighted by molar-refractivity contribution is 14.0. The molecular formula is C19H35IN6O2. The molecule has 2 heterocycles. The Morgan fingerprint density at radius 3 is 2.46 bits per heavy atom. The normalized spacial score (nSPS) is 15.5. The van der Waals surface area contributed by atoms with Crippen molar-refractivity contribution in [2.75, 3.05) is 45.8 Å². The fraction of sp³-hybridized carbons (Fsp3) is 0.737. The second-order valence-corrected chi connectivity index (χ2v) is 7.27. The first-order valence-electron chi connectivity index (χ1n) is 9.87. The summed E-state index contributed by atoms with van der Waals surface area (Å²) in [6, 6.07) is 0.184. The van der Waals surface area contributed by atoms with Crippen LogP contribution in [-0.4, -0.2) is 78.7 Å². The molecule has 1 fully saturated rings. The minimum atomic E-state index is 0. The molecule has 1 aliphatic rings. The summed E-state index contributed by atoms with van der Waals surface area (Å²) in [6.45, 7) is 15.4. The topological polar surface area (TPSA) is 86.0 Å². The van der Waals surface area contributed by atoms with Crippen molar-refractivity contribution in [1.29, 1.82) is 0 Å². The van der Waals surface area contributed by atoms with Crippen LogP contribution in [-0.2, 0) is 11.2 Å². The second kappa shape index (κ2) is 12.3. The van der Waals surface area contributed by atoms with Crippen molar-refractivity contribution in [2.24, 2.45) is 4.99 Å². The quantitative estimate of drug-likeness (QED) is 0.332. The van der Waals surface area contributed by atoms with Crippen LogP contribution >= 0.6 is 24.0 Å². The van der Waals surface area contributed by atoms with Gasteiger partial charge >= 0.3 is 0 Å². The number of carbonyl (C=O) groups excluding carboxylic acids is 1. The van der Waals surface area contributed by atoms with Gasteiger partial charge in [-0.2, -0.15) is 0 Å². The third-order valence-electron chi connectivity index (χ3n) is 4.63. The summed E-state index contributed by atoms with van der Waals surface area (Å²) in [4.78, 5) is 21.2. The zero-order valence-electron chi connectivity index (χ0n) is 17.7. The maximum absolute atomic E-state index is 11.9. The molecule has 0 unspecified atom stereocenters. The van der Waals surface area contributed by atoms with E-state index < -0.39 is 0 Å². The number of amides is 1. The van der Waals surface area contributed by atoms with E-state index in [1.807, 2.05) is 27.7 Å². The smallest absolute Gasteiger partial charge is 0.234 e. The van der Waals surface area contributed by atoms with E-state index in [9.17, 15) is 4.79 Å². The predicted molar refractivity (Wildman–Crippen MR) is 122 cm³/mol. The molecule has 0 saturated carbocycles. The SMILES string of the molecule is CCNC(=NCCc1c(C)noc1C)N1CCN(CC(=O)NC(C)C)CC1.I. The molecule has 0 spiro atoms. The van der Waals surface area contributed by atoms with E-state index in [1.54, 1.807) is 0 Å². The summed E-state index contributed by atoms with van der Waals surface area (Å²) in [5.41, 5.74) is 2.09. The van der Waals surface area contributed by atoms with Crippen LogP contribution < -0.4 is 10.6 Å². The minimum Gasteiger partial charge on any atom is -0.361 e. The molecule has 1 aromatic heterocycles. The van der Waals surface area contributed by atoms with E-state index in [0.717, 1.165) is 62.1 Å². The number of nitrogens with one attached hydrogen (secondary N) is 2. The number of nitrogens with zero attached hydrogens (tertiary/aromatic N) is 4. The summed E-state index contributed by atoms with van der Waals surface area (Å²) in [5.74, 6) is 1.91. The Labute approximate surface area is 185 Å². The Morgan fingerprint density at radius 2 is 1.93 bits per heavy atom. The number of hydrogen-bond acceptors (Lipinski definition) is 5. The van der Waals surface area contributed by atoms with Crippen LogP contribution in [0.4, 0.5) is 0 Å². The highest BCUT2D eigenvalue weighted by Gasteiger charge is 2.21. The molecule has 9 heteroatoms. The molecule has 1 amide bonds. The average molecular weight is 506 g/mol. The number of aliphatic imine (C=N–C) groups is 1. The fourth-order valence-electron chi connectivity index (χ4n) is 3.25. The Bertz CT molecular complexity index is 619. The predicted octanol–water partition coefficient (Wildman–Crippen LogP) is 1.56. The Kier molecular flexibility index (Phi) is 10.8. The Balaban J connectivity index is 0.00000392. The monoisotopic (exact) mass is 506 g/mol. The molecule has 1 saturated heterocycles. The lowest BCUT2D eigenvalue weighted by atomic mass is 10.1. The van der Waals surface area contributed by atoms with E-state index in [2.05, 4.69) is 32.5 Å². The van der Waals surface area contributed by atoms with Gasteiger partial charge < -0.3 is 20.1 Å². The lowest BCUT2D eigenvalue weighted by Crippen LogP contribution is -2.54. The van der Waals surface area contributed by atoms with Crippen molar-refractivity contribution in [3.05, 3.63) is 17.0 Å². The van der Waals surface area contributed by atoms with Crippen LogP contribution in [0.3, 0.4) is 0 Å². The van der Waals surface area contributed by atoms with Gasteiger partial charge in [0.1, 0.15) is 5.76 Å². The van der Waals surface area contributed by atoms with Crippen molar-refractivity contribution in [2.45, 2.75) is 47.1 Å². The highest BCUT2D eigenvalue weighted by atomic mass is 127. The van der Waals surface area contributed by atoms with E-state index in [-0.39, 0.29) is 35.9 Å². The molecule has 0 aliphatic carbocycles. The number of rotatable bonds is 7. The van der Waals surface area contributed by atoms with Gasteiger partial charge in [-0.3, -0.25) is 14.7 Å². The van der Waals surface area contributed by atoms with Crippen LogP contribution in [0.15, 0.2) is 9.52 Å². The molecule has 2 rings (SSSR count). The van der Waals surface area contributed by atoms with Crippen molar-refractivity contribution < 1.29 is 9.32 Å². The van der Waals surface area contributed by atoms with Gasteiger partial charge in [-0.15, -0.1) is 24.0 Å². The minimum absolute atomic E-state index is 0. The number of piperazine rings is 1. The summed E-state index contributed by atoms with van der Waals surface area (Å²) in [7, 11) is 0. The van der Waals surface area contributed by atoms with Crippen molar-refractivity contribution >= 4 is 35.8 Å². The number of hydrogen-bond donors (Lipinski definition) is 2. The number of carbonyl (C=O) groups is 1. The maximum atomic E-state index is 11.9. The van der Waals surface area contributed by atoms with Gasteiger partial charge in [0.2, 0.25) is 5.91 Å². The van der Waals surface area contributed by atoms with E-state index in [1.165, 1.54) is 0 Å². The third-order valence-corrected chi connectivity index (χ3v) is 4.63. The standard InChI is InChI=1S/C19H34N6O2.HI/c1-6-20-19(21-8-7-17-15(4)23-27-16(17)5)25-11-9-24(10-12-25)13-18(26)22-14(2)3;/h14H,6-13H2,1-5H3,(H,20,21)(H,22,26);1H. The van der Waals surface area contributed by atoms with Gasteiger partial charge in [-0.05, 0) is 41.0 Å². The highest BCUT2D eigenvalue weighted by Crippen LogP contribution is 2.13. The Morgan fingerprint density at radius 1 is 1.25 bits per heavy atom. The maximum Gasteiger partial charge on any atom is 0.234 e. The number of aromatic nitrogens is 1. The van der Waals surface area contributed by atoms with Crippen molar-refractivity contribution in [3.8, 4) is 0 Å². The molecule has 0 radical (unpaired) electrons. The van der Waals surface area contributed by atoms with Crippen molar-refractivity contribution in [3.63, 3.8) is 0 Å². The summed E-state index contributed by atoms with van der Waals surface area (Å²) < 4.78 is 5.22. The molecule has 0 bridgehead atoms. The summed E-state index contributed by atoms with van der Waals surface area (Å²) in [6.07, 6.45) is 0.825. The van der Waals surface area contributed by atoms with Crippen LogP contribution in [0, 0.1) is 13.8 Å². The van der Waals surface area contributed by atoms with Gasteiger partial charge in [-0.1, -0.05) is 5.16 Å². The van der Waals surface area contributed by atoms with E-state index in [4.69, 9.17) is 9.52 Å². The lowest BCUT2D eigenvalue weighted by molar-refractivity contribution is -0.123. The third kappa shape index (κ3) is 7.57. The molecule has 2 N–H and O–H groups in total. The average Bonchev–Trinajstić information content (AvgIpc) is 2.93. The molecule has 0 aromatic carbocycles. The molecule has 160 valence electrons. The van der Waals surface area contributed by atoms with Gasteiger partial charge in [0.05, 0.1) is 12.2 Å². The molecule has 1 aliphatic heterocycles. The number of halogens is 1. The molecule has 1 aromatic rings. The van der Waals surface area contributed by atoms with Crippen LogP contribution in [0.1, 0.15) is 37.8 Å². The zero-order valence-corrected chi connectivity index (χ0v) is 20.1. The van der Waals surface area contributed by atoms with Crippen molar-refractivity contribution in [1.82, 2.24) is 25.6 Å². The first-order valence-corrected chi connectivity index (χ1v) is 9.87. The van der Waals surface area contributed by atoms with E-state index in [0.29, 0.717) is 13.1 Å². The first kappa shape index (κ1) is 24.7. The molecule has 28 heavy (non-hydrogen) atoms. The zero-order chi connectivity index (χ0) is 19.8. The summed E-state index contributed by atoms with van der Waals surface area (Å²) in [5, 5.41) is 10.3. The largest absolute Gasteiger partial charge is 0.361 e. The Hall–Kier alpha value is -1.36. The van der Waals surface area contributed by atoms with Gasteiger partial charge in [-0.25, -0.2) is 0 Å². The second-order valence-electron chi connectivity index (χ2n) is 7.27. The lowest BCUT2D eigenvalue weighted by Gasteiger charge is -2.36. The fourth-order valence-corrected chi connectivity index (χ4v) is 3.25. The van der Waals surface area contributed by atoms with Gasteiger partial charge in [0.15, 0.2) is 5.96 Å². The van der Waals surface area contributed by atoms with E-state index >= 15 is 0 Å². The van der Waals surface area contributed by atoms with Gasteiger partial charge in [0, 0.05) is 50.9 Å². The summed E-state index contributed by atoms with van der Waals surface area (Å²) >= 11 is 0. The number of guanidine groups is 1. The van der Waals surface area contributed by atoms with Gasteiger partial charge in [0.25, 0.3) is 0 Å². The molecule has 8 nitrogen and oxygen atoms in total.